The highest BCUT2D eigenvalue weighted by Crippen LogP contribution is 2.38. The van der Waals surface area contributed by atoms with Crippen molar-refractivity contribution in [3.05, 3.63) is 54.4 Å². The molecule has 1 amide bonds. The van der Waals surface area contributed by atoms with Crippen LogP contribution in [0.25, 0.3) is 11.9 Å². The van der Waals surface area contributed by atoms with Crippen molar-refractivity contribution in [2.75, 3.05) is 39.7 Å². The van der Waals surface area contributed by atoms with Gasteiger partial charge in [0, 0.05) is 31.6 Å². The second-order valence-electron chi connectivity index (χ2n) is 6.24. The number of amides is 1. The molecule has 10 heteroatoms. The molecular weight excluding hydrogens is 400 g/mol. The van der Waals surface area contributed by atoms with Gasteiger partial charge in [0.05, 0.1) is 21.3 Å². The number of anilines is 1. The van der Waals surface area contributed by atoms with Gasteiger partial charge in [-0.15, -0.1) is 10.2 Å². The van der Waals surface area contributed by atoms with Crippen LogP contribution in [-0.4, -0.2) is 60.3 Å². The summed E-state index contributed by atoms with van der Waals surface area (Å²) in [5.41, 5.74) is 0.746. The third-order valence-electron chi connectivity index (χ3n) is 4.23. The van der Waals surface area contributed by atoms with Gasteiger partial charge < -0.3 is 24.8 Å². The van der Waals surface area contributed by atoms with Gasteiger partial charge in [-0.3, -0.25) is 4.79 Å². The lowest BCUT2D eigenvalue weighted by Gasteiger charge is -2.12. The lowest BCUT2D eigenvalue weighted by atomic mass is 10.1. The van der Waals surface area contributed by atoms with E-state index in [4.69, 9.17) is 14.2 Å². The second-order valence-corrected chi connectivity index (χ2v) is 6.24. The molecule has 0 bridgehead atoms. The summed E-state index contributed by atoms with van der Waals surface area (Å²) in [6, 6.07) is 8.94. The number of hydrogen-bond acceptors (Lipinski definition) is 8. The first kappa shape index (κ1) is 21.6. The maximum atomic E-state index is 12.1. The minimum Gasteiger partial charge on any atom is -0.493 e. The molecule has 0 saturated heterocycles. The number of carbonyl (C=O) groups is 1. The van der Waals surface area contributed by atoms with Gasteiger partial charge in [-0.25, -0.2) is 4.68 Å². The maximum Gasteiger partial charge on any atom is 0.244 e. The molecule has 2 aromatic heterocycles. The van der Waals surface area contributed by atoms with Crippen LogP contribution < -0.4 is 24.8 Å². The molecule has 31 heavy (non-hydrogen) atoms. The first-order valence-corrected chi connectivity index (χ1v) is 9.48. The van der Waals surface area contributed by atoms with Gasteiger partial charge >= 0.3 is 0 Å². The molecule has 0 unspecified atom stereocenters. The van der Waals surface area contributed by atoms with Gasteiger partial charge in [0.1, 0.15) is 5.82 Å². The highest BCUT2D eigenvalue weighted by molar-refractivity contribution is 5.91. The van der Waals surface area contributed by atoms with Crippen molar-refractivity contribution in [2.45, 2.75) is 0 Å². The topological polar surface area (TPSA) is 112 Å². The number of ether oxygens (including phenoxy) is 3. The highest BCUT2D eigenvalue weighted by atomic mass is 16.5. The zero-order valence-corrected chi connectivity index (χ0v) is 17.5. The van der Waals surface area contributed by atoms with Gasteiger partial charge in [0.2, 0.25) is 11.7 Å². The van der Waals surface area contributed by atoms with Crippen LogP contribution in [0.5, 0.6) is 17.2 Å². The Morgan fingerprint density at radius 2 is 1.84 bits per heavy atom. The fourth-order valence-electron chi connectivity index (χ4n) is 2.75. The normalized spacial score (nSPS) is 10.7. The van der Waals surface area contributed by atoms with Crippen molar-refractivity contribution in [1.82, 2.24) is 25.3 Å². The van der Waals surface area contributed by atoms with Gasteiger partial charge in [-0.2, -0.15) is 5.10 Å². The molecule has 162 valence electrons. The zero-order chi connectivity index (χ0) is 22.1. The van der Waals surface area contributed by atoms with Crippen molar-refractivity contribution in [3.63, 3.8) is 0 Å². The molecule has 3 aromatic rings. The molecule has 0 radical (unpaired) electrons. The fraction of sp³-hybridized carbons (Fsp3) is 0.238. The third kappa shape index (κ3) is 5.72. The van der Waals surface area contributed by atoms with E-state index in [-0.39, 0.29) is 5.91 Å². The Hall–Kier alpha value is -4.08. The average Bonchev–Trinajstić information content (AvgIpc) is 3.35. The van der Waals surface area contributed by atoms with Crippen LogP contribution >= 0.6 is 0 Å². The van der Waals surface area contributed by atoms with Crippen LogP contribution in [0.1, 0.15) is 5.56 Å². The zero-order valence-electron chi connectivity index (χ0n) is 17.5. The molecule has 0 aliphatic rings. The van der Waals surface area contributed by atoms with Crippen LogP contribution in [0.2, 0.25) is 0 Å². The first-order valence-electron chi connectivity index (χ1n) is 9.48. The van der Waals surface area contributed by atoms with E-state index in [9.17, 15) is 4.79 Å². The van der Waals surface area contributed by atoms with Gasteiger partial charge in [0.25, 0.3) is 0 Å². The molecular formula is C21H24N6O4. The number of carbonyl (C=O) groups excluding carboxylic acids is 1. The van der Waals surface area contributed by atoms with Crippen LogP contribution in [-0.2, 0) is 4.79 Å². The predicted molar refractivity (Wildman–Crippen MR) is 116 cm³/mol. The Kier molecular flexibility index (Phi) is 7.41. The van der Waals surface area contributed by atoms with E-state index >= 15 is 0 Å². The third-order valence-corrected chi connectivity index (χ3v) is 4.23. The van der Waals surface area contributed by atoms with E-state index in [0.29, 0.717) is 42.0 Å². The summed E-state index contributed by atoms with van der Waals surface area (Å²) in [5, 5.41) is 18.2. The number of nitrogens with one attached hydrogen (secondary N) is 2. The fourth-order valence-corrected chi connectivity index (χ4v) is 2.75. The number of hydrogen-bond donors (Lipinski definition) is 2. The van der Waals surface area contributed by atoms with Gasteiger partial charge in [0.15, 0.2) is 17.3 Å². The summed E-state index contributed by atoms with van der Waals surface area (Å²) in [5.74, 6) is 2.55. The monoisotopic (exact) mass is 424 g/mol. The van der Waals surface area contributed by atoms with E-state index in [2.05, 4.69) is 25.9 Å². The molecule has 0 atom stereocenters. The van der Waals surface area contributed by atoms with Crippen molar-refractivity contribution in [1.29, 1.82) is 0 Å². The molecule has 0 saturated carbocycles. The van der Waals surface area contributed by atoms with E-state index in [1.165, 1.54) is 13.2 Å². The maximum absolute atomic E-state index is 12.1. The van der Waals surface area contributed by atoms with Gasteiger partial charge in [-0.05, 0) is 42.0 Å². The summed E-state index contributed by atoms with van der Waals surface area (Å²) < 4.78 is 17.5. The minimum atomic E-state index is -0.226. The second kappa shape index (κ2) is 10.6. The Balaban J connectivity index is 1.47. The summed E-state index contributed by atoms with van der Waals surface area (Å²) in [4.78, 5) is 12.1. The van der Waals surface area contributed by atoms with Crippen molar-refractivity contribution in [3.8, 4) is 23.1 Å². The molecule has 0 spiro atoms. The first-order chi connectivity index (χ1) is 15.1. The Labute approximate surface area is 179 Å². The van der Waals surface area contributed by atoms with E-state index in [1.54, 1.807) is 61.6 Å². The summed E-state index contributed by atoms with van der Waals surface area (Å²) in [6.45, 7) is 0.917. The number of benzene rings is 1. The van der Waals surface area contributed by atoms with Crippen molar-refractivity contribution < 1.29 is 19.0 Å². The van der Waals surface area contributed by atoms with Crippen LogP contribution in [0.15, 0.2) is 48.8 Å². The largest absolute Gasteiger partial charge is 0.493 e. The quantitative estimate of drug-likeness (QED) is 0.375. The average molecular weight is 424 g/mol. The molecule has 0 fully saturated rings. The van der Waals surface area contributed by atoms with E-state index in [0.717, 1.165) is 5.56 Å². The van der Waals surface area contributed by atoms with Crippen LogP contribution in [0.3, 0.4) is 0 Å². The SMILES string of the molecule is COc1cc(/C=C/C(=O)NCCNc2ccc(-n3cccn3)nn2)cc(OC)c1OC. The Bertz CT molecular complexity index is 994. The number of nitrogens with zero attached hydrogens (tertiary/aromatic N) is 4. The van der Waals surface area contributed by atoms with E-state index < -0.39 is 0 Å². The molecule has 1 aromatic carbocycles. The molecule has 2 heterocycles. The Morgan fingerprint density at radius 1 is 1.06 bits per heavy atom. The molecule has 2 N–H and O–H groups in total. The summed E-state index contributed by atoms with van der Waals surface area (Å²) >= 11 is 0. The molecule has 0 aliphatic heterocycles. The van der Waals surface area contributed by atoms with Crippen LogP contribution in [0, 0.1) is 0 Å². The number of methoxy groups -OCH3 is 3. The van der Waals surface area contributed by atoms with E-state index in [1.807, 2.05) is 6.07 Å². The lowest BCUT2D eigenvalue weighted by molar-refractivity contribution is -0.116. The minimum absolute atomic E-state index is 0.226. The molecule has 0 aliphatic carbocycles. The van der Waals surface area contributed by atoms with Crippen LogP contribution in [0.4, 0.5) is 5.82 Å². The van der Waals surface area contributed by atoms with Crippen molar-refractivity contribution in [2.24, 2.45) is 0 Å². The van der Waals surface area contributed by atoms with Crippen molar-refractivity contribution >= 4 is 17.8 Å². The molecule has 3 rings (SSSR count). The molecule has 10 nitrogen and oxygen atoms in total. The number of rotatable bonds is 10. The smallest absolute Gasteiger partial charge is 0.244 e. The Morgan fingerprint density at radius 3 is 2.42 bits per heavy atom. The number of aromatic nitrogens is 4. The van der Waals surface area contributed by atoms with Gasteiger partial charge in [-0.1, -0.05) is 0 Å². The predicted octanol–water partition coefficient (Wildman–Crippen LogP) is 1.93. The summed E-state index contributed by atoms with van der Waals surface area (Å²) in [6.07, 6.45) is 6.58. The lowest BCUT2D eigenvalue weighted by Crippen LogP contribution is -2.27. The standard InChI is InChI=1S/C21H24N6O4/c1-29-16-13-15(14-17(30-2)21(16)31-3)5-8-20(28)23-11-10-22-18-6-7-19(26-25-18)27-12-4-9-24-27/h4-9,12-14H,10-11H2,1-3H3,(H,22,25)(H,23,28)/b8-5+. The summed E-state index contributed by atoms with van der Waals surface area (Å²) in [7, 11) is 4.62. The highest BCUT2D eigenvalue weighted by Gasteiger charge is 2.12.